The highest BCUT2D eigenvalue weighted by molar-refractivity contribution is 5.23. The van der Waals surface area contributed by atoms with Crippen molar-refractivity contribution in [2.24, 2.45) is 0 Å². The smallest absolute Gasteiger partial charge is 0.0674 e. The molecule has 3 heteroatoms. The summed E-state index contributed by atoms with van der Waals surface area (Å²) < 4.78 is 5.71. The minimum Gasteiger partial charge on any atom is -0.377 e. The van der Waals surface area contributed by atoms with Crippen LogP contribution in [0.5, 0.6) is 0 Å². The van der Waals surface area contributed by atoms with Gasteiger partial charge in [-0.2, -0.15) is 0 Å². The molecular formula is C17H26N2O. The second-order valence-corrected chi connectivity index (χ2v) is 6.25. The lowest BCUT2D eigenvalue weighted by Crippen LogP contribution is -2.29. The summed E-state index contributed by atoms with van der Waals surface area (Å²) in [5, 5.41) is 3.59. The van der Waals surface area contributed by atoms with Crippen molar-refractivity contribution in [1.82, 2.24) is 10.2 Å². The molecule has 1 aliphatic carbocycles. The topological polar surface area (TPSA) is 24.5 Å². The number of benzene rings is 1. The average molecular weight is 274 g/mol. The van der Waals surface area contributed by atoms with Crippen LogP contribution in [0.1, 0.15) is 37.3 Å². The molecule has 0 radical (unpaired) electrons. The fourth-order valence-electron chi connectivity index (χ4n) is 2.87. The van der Waals surface area contributed by atoms with E-state index in [1.165, 1.54) is 24.0 Å². The van der Waals surface area contributed by atoms with E-state index in [9.17, 15) is 0 Å². The van der Waals surface area contributed by atoms with Crippen molar-refractivity contribution in [2.45, 2.75) is 51.4 Å². The summed E-state index contributed by atoms with van der Waals surface area (Å²) in [7, 11) is 0. The largest absolute Gasteiger partial charge is 0.377 e. The van der Waals surface area contributed by atoms with E-state index in [0.717, 1.165) is 45.2 Å². The van der Waals surface area contributed by atoms with Gasteiger partial charge in [-0.05, 0) is 37.3 Å². The summed E-state index contributed by atoms with van der Waals surface area (Å²) in [6.07, 6.45) is 4.21. The van der Waals surface area contributed by atoms with Gasteiger partial charge in [0, 0.05) is 38.8 Å². The maximum absolute atomic E-state index is 5.71. The highest BCUT2D eigenvalue weighted by atomic mass is 16.5. The number of hydrogen-bond donors (Lipinski definition) is 1. The minimum atomic E-state index is 0.359. The summed E-state index contributed by atoms with van der Waals surface area (Å²) in [6, 6.07) is 9.80. The van der Waals surface area contributed by atoms with Crippen LogP contribution in [0.3, 0.4) is 0 Å². The van der Waals surface area contributed by atoms with E-state index in [4.69, 9.17) is 4.74 Å². The second-order valence-electron chi connectivity index (χ2n) is 6.25. The van der Waals surface area contributed by atoms with E-state index < -0.39 is 0 Å². The van der Waals surface area contributed by atoms with Crippen LogP contribution >= 0.6 is 0 Å². The van der Waals surface area contributed by atoms with Gasteiger partial charge in [0.1, 0.15) is 0 Å². The molecule has 3 rings (SSSR count). The monoisotopic (exact) mass is 274 g/mol. The third-order valence-electron chi connectivity index (χ3n) is 4.11. The van der Waals surface area contributed by atoms with Gasteiger partial charge in [-0.1, -0.05) is 24.3 Å². The Labute approximate surface area is 122 Å². The molecule has 1 unspecified atom stereocenters. The standard InChI is InChI=1S/C17H26N2O/c1-14-12-19(8-3-9-20-14)13-16-5-2-4-15(10-16)11-18-17-6-7-17/h2,4-5,10,14,17-18H,3,6-9,11-13H2,1H3. The molecule has 1 heterocycles. The number of ether oxygens (including phenoxy) is 1. The molecule has 2 fully saturated rings. The van der Waals surface area contributed by atoms with Gasteiger partial charge >= 0.3 is 0 Å². The molecule has 0 aromatic heterocycles. The molecule has 1 saturated heterocycles. The SMILES string of the molecule is CC1CN(Cc2cccc(CNC3CC3)c2)CCCO1. The van der Waals surface area contributed by atoms with Crippen molar-refractivity contribution in [1.29, 1.82) is 0 Å². The zero-order valence-corrected chi connectivity index (χ0v) is 12.5. The summed E-state index contributed by atoms with van der Waals surface area (Å²) in [6.45, 7) is 7.33. The fraction of sp³-hybridized carbons (Fsp3) is 0.647. The van der Waals surface area contributed by atoms with Gasteiger partial charge in [-0.15, -0.1) is 0 Å². The lowest BCUT2D eigenvalue weighted by molar-refractivity contribution is 0.0668. The molecule has 1 aliphatic heterocycles. The van der Waals surface area contributed by atoms with Crippen LogP contribution in [0, 0.1) is 0 Å². The Kier molecular flexibility index (Phi) is 4.71. The molecule has 110 valence electrons. The summed E-state index contributed by atoms with van der Waals surface area (Å²) in [5.41, 5.74) is 2.84. The van der Waals surface area contributed by atoms with E-state index in [2.05, 4.69) is 41.4 Å². The first-order valence-electron chi connectivity index (χ1n) is 7.95. The predicted octanol–water partition coefficient (Wildman–Crippen LogP) is 2.55. The van der Waals surface area contributed by atoms with Gasteiger partial charge in [0.05, 0.1) is 6.10 Å². The highest BCUT2D eigenvalue weighted by Crippen LogP contribution is 2.19. The second kappa shape index (κ2) is 6.70. The lowest BCUT2D eigenvalue weighted by Gasteiger charge is -2.22. The number of nitrogens with one attached hydrogen (secondary N) is 1. The maximum atomic E-state index is 5.71. The zero-order chi connectivity index (χ0) is 13.8. The normalized spacial score (nSPS) is 24.6. The van der Waals surface area contributed by atoms with Crippen LogP contribution < -0.4 is 5.32 Å². The van der Waals surface area contributed by atoms with Crippen LogP contribution in [0.25, 0.3) is 0 Å². The quantitative estimate of drug-likeness (QED) is 0.893. The van der Waals surface area contributed by atoms with Crippen molar-refractivity contribution < 1.29 is 4.74 Å². The molecule has 0 bridgehead atoms. The molecule has 1 atom stereocenters. The third kappa shape index (κ3) is 4.30. The first-order valence-corrected chi connectivity index (χ1v) is 7.95. The van der Waals surface area contributed by atoms with Crippen molar-refractivity contribution in [3.8, 4) is 0 Å². The van der Waals surface area contributed by atoms with E-state index in [1.807, 2.05) is 0 Å². The number of nitrogens with zero attached hydrogens (tertiary/aromatic N) is 1. The van der Waals surface area contributed by atoms with E-state index >= 15 is 0 Å². The summed E-state index contributed by atoms with van der Waals surface area (Å²) in [5.74, 6) is 0. The third-order valence-corrected chi connectivity index (χ3v) is 4.11. The number of rotatable bonds is 5. The van der Waals surface area contributed by atoms with Gasteiger partial charge in [-0.3, -0.25) is 4.90 Å². The zero-order valence-electron chi connectivity index (χ0n) is 12.5. The number of hydrogen-bond acceptors (Lipinski definition) is 3. The molecule has 1 aromatic carbocycles. The first-order chi connectivity index (χ1) is 9.79. The predicted molar refractivity (Wildman–Crippen MR) is 81.6 cm³/mol. The minimum absolute atomic E-state index is 0.359. The van der Waals surface area contributed by atoms with Crippen LogP contribution in [0.15, 0.2) is 24.3 Å². The molecule has 3 nitrogen and oxygen atoms in total. The Hall–Kier alpha value is -0.900. The van der Waals surface area contributed by atoms with Gasteiger partial charge in [-0.25, -0.2) is 0 Å². The molecule has 1 N–H and O–H groups in total. The molecule has 1 saturated carbocycles. The van der Waals surface area contributed by atoms with Crippen LogP contribution in [-0.2, 0) is 17.8 Å². The van der Waals surface area contributed by atoms with Gasteiger partial charge in [0.15, 0.2) is 0 Å². The van der Waals surface area contributed by atoms with E-state index in [0.29, 0.717) is 6.10 Å². The van der Waals surface area contributed by atoms with Crippen LogP contribution in [0.2, 0.25) is 0 Å². The van der Waals surface area contributed by atoms with Gasteiger partial charge in [0.2, 0.25) is 0 Å². The van der Waals surface area contributed by atoms with E-state index in [-0.39, 0.29) is 0 Å². The molecule has 1 aromatic rings. The van der Waals surface area contributed by atoms with Crippen molar-refractivity contribution >= 4 is 0 Å². The molecule has 20 heavy (non-hydrogen) atoms. The molecule has 0 spiro atoms. The lowest BCUT2D eigenvalue weighted by atomic mass is 10.1. The van der Waals surface area contributed by atoms with Crippen molar-refractivity contribution in [2.75, 3.05) is 19.7 Å². The Morgan fingerprint density at radius 2 is 2.15 bits per heavy atom. The van der Waals surface area contributed by atoms with Crippen LogP contribution in [-0.4, -0.2) is 36.7 Å². The Morgan fingerprint density at radius 1 is 1.30 bits per heavy atom. The Bertz CT molecular complexity index is 431. The molecule has 0 amide bonds. The van der Waals surface area contributed by atoms with Gasteiger partial charge in [0.25, 0.3) is 0 Å². The Balaban J connectivity index is 1.56. The van der Waals surface area contributed by atoms with Crippen LogP contribution in [0.4, 0.5) is 0 Å². The fourth-order valence-corrected chi connectivity index (χ4v) is 2.87. The highest BCUT2D eigenvalue weighted by Gasteiger charge is 2.20. The maximum Gasteiger partial charge on any atom is 0.0674 e. The van der Waals surface area contributed by atoms with E-state index in [1.54, 1.807) is 0 Å². The van der Waals surface area contributed by atoms with Gasteiger partial charge < -0.3 is 10.1 Å². The summed E-state index contributed by atoms with van der Waals surface area (Å²) >= 11 is 0. The van der Waals surface area contributed by atoms with Crippen molar-refractivity contribution in [3.63, 3.8) is 0 Å². The molecular weight excluding hydrogens is 248 g/mol. The summed E-state index contributed by atoms with van der Waals surface area (Å²) in [4.78, 5) is 2.52. The Morgan fingerprint density at radius 3 is 3.00 bits per heavy atom. The average Bonchev–Trinajstić information content (AvgIpc) is 3.26. The molecule has 2 aliphatic rings. The van der Waals surface area contributed by atoms with Crippen molar-refractivity contribution in [3.05, 3.63) is 35.4 Å². The first kappa shape index (κ1) is 14.1.